The number of nitrogens with zero attached hydrogens (tertiary/aromatic N) is 3. The quantitative estimate of drug-likeness (QED) is 0.763. The van der Waals surface area contributed by atoms with Crippen LogP contribution in [0.15, 0.2) is 24.5 Å². The Morgan fingerprint density at radius 1 is 1.04 bits per heavy atom. The highest BCUT2D eigenvalue weighted by molar-refractivity contribution is 5.79. The molecule has 0 radical (unpaired) electrons. The first-order valence-corrected chi connectivity index (χ1v) is 10.8. The molecular formula is C22H31N3O2. The van der Waals surface area contributed by atoms with Gasteiger partial charge in [-0.2, -0.15) is 0 Å². The summed E-state index contributed by atoms with van der Waals surface area (Å²) in [6.07, 6.45) is 11.7. The standard InChI is InChI=1S/C22H31N3O2/c26-21-22(7-2-1-3-8-22)12-20(27-21)6-11-24-13-17-15-25(16-18(17)14-24)19-4-9-23-10-5-19/h4-5,9-10,17-18,20H,1-3,6-8,11-16H2/t17?,18?,20-/m0/s1. The lowest BCUT2D eigenvalue weighted by Gasteiger charge is -2.28. The molecule has 146 valence electrons. The first-order chi connectivity index (χ1) is 13.2. The maximum Gasteiger partial charge on any atom is 0.312 e. The van der Waals surface area contributed by atoms with E-state index in [-0.39, 0.29) is 17.5 Å². The highest BCUT2D eigenvalue weighted by Crippen LogP contribution is 2.46. The molecule has 5 nitrogen and oxygen atoms in total. The van der Waals surface area contributed by atoms with Crippen LogP contribution in [0.4, 0.5) is 5.69 Å². The number of hydrogen-bond donors (Lipinski definition) is 0. The molecule has 4 fully saturated rings. The van der Waals surface area contributed by atoms with Crippen LogP contribution in [-0.2, 0) is 9.53 Å². The molecule has 1 aliphatic carbocycles. The molecule has 3 saturated heterocycles. The Morgan fingerprint density at radius 2 is 1.74 bits per heavy atom. The normalized spacial score (nSPS) is 32.8. The number of ether oxygens (including phenoxy) is 1. The number of carbonyl (C=O) groups excluding carboxylic acids is 1. The topological polar surface area (TPSA) is 45.7 Å². The monoisotopic (exact) mass is 369 g/mol. The molecule has 4 aliphatic rings. The minimum absolute atomic E-state index is 0.110. The van der Waals surface area contributed by atoms with Crippen LogP contribution in [0.2, 0.25) is 0 Å². The number of cyclic esters (lactones) is 1. The van der Waals surface area contributed by atoms with Gasteiger partial charge in [0.05, 0.1) is 5.41 Å². The van der Waals surface area contributed by atoms with Crippen LogP contribution in [0, 0.1) is 17.3 Å². The fraction of sp³-hybridized carbons (Fsp3) is 0.727. The van der Waals surface area contributed by atoms with E-state index in [1.807, 2.05) is 12.4 Å². The highest BCUT2D eigenvalue weighted by atomic mass is 16.6. The molecule has 1 aromatic heterocycles. The minimum Gasteiger partial charge on any atom is -0.462 e. The van der Waals surface area contributed by atoms with Crippen molar-refractivity contribution in [2.24, 2.45) is 17.3 Å². The zero-order chi connectivity index (χ0) is 18.3. The summed E-state index contributed by atoms with van der Waals surface area (Å²) in [4.78, 5) is 21.7. The number of esters is 1. The number of rotatable bonds is 4. The largest absolute Gasteiger partial charge is 0.462 e. The second-order valence-corrected chi connectivity index (χ2v) is 9.25. The van der Waals surface area contributed by atoms with Crippen LogP contribution in [0.25, 0.3) is 0 Å². The molecule has 5 rings (SSSR count). The Hall–Kier alpha value is -1.62. The van der Waals surface area contributed by atoms with Gasteiger partial charge in [-0.1, -0.05) is 19.3 Å². The highest BCUT2D eigenvalue weighted by Gasteiger charge is 2.49. The van der Waals surface area contributed by atoms with Crippen molar-refractivity contribution in [3.63, 3.8) is 0 Å². The molecule has 2 unspecified atom stereocenters. The maximum atomic E-state index is 12.4. The van der Waals surface area contributed by atoms with Gasteiger partial charge in [0.2, 0.25) is 0 Å². The summed E-state index contributed by atoms with van der Waals surface area (Å²) < 4.78 is 5.80. The number of hydrogen-bond acceptors (Lipinski definition) is 5. The summed E-state index contributed by atoms with van der Waals surface area (Å²) in [6.45, 7) is 5.78. The van der Waals surface area contributed by atoms with Crippen LogP contribution in [0.5, 0.6) is 0 Å². The van der Waals surface area contributed by atoms with E-state index >= 15 is 0 Å². The van der Waals surface area contributed by atoms with Crippen LogP contribution in [-0.4, -0.2) is 54.7 Å². The van der Waals surface area contributed by atoms with Crippen molar-refractivity contribution in [2.45, 2.75) is 51.0 Å². The Labute approximate surface area is 162 Å². The molecule has 0 aromatic carbocycles. The molecular weight excluding hydrogens is 338 g/mol. The van der Waals surface area contributed by atoms with Crippen molar-refractivity contribution in [1.29, 1.82) is 0 Å². The Kier molecular flexibility index (Phi) is 4.58. The van der Waals surface area contributed by atoms with Crippen molar-refractivity contribution in [3.05, 3.63) is 24.5 Å². The summed E-state index contributed by atoms with van der Waals surface area (Å²) in [5.74, 6) is 1.65. The third-order valence-electron chi connectivity index (χ3n) is 7.49. The van der Waals surface area contributed by atoms with Gasteiger partial charge < -0.3 is 14.5 Å². The van der Waals surface area contributed by atoms with Gasteiger partial charge in [0.25, 0.3) is 0 Å². The summed E-state index contributed by atoms with van der Waals surface area (Å²) in [6, 6.07) is 4.24. The van der Waals surface area contributed by atoms with E-state index in [4.69, 9.17) is 4.74 Å². The Morgan fingerprint density at radius 3 is 2.44 bits per heavy atom. The summed E-state index contributed by atoms with van der Waals surface area (Å²) >= 11 is 0. The average molecular weight is 370 g/mol. The minimum atomic E-state index is -0.116. The van der Waals surface area contributed by atoms with Gasteiger partial charge in [-0.05, 0) is 43.2 Å². The third-order valence-corrected chi connectivity index (χ3v) is 7.49. The van der Waals surface area contributed by atoms with E-state index < -0.39 is 0 Å². The number of likely N-dealkylation sites (tertiary alicyclic amines) is 1. The van der Waals surface area contributed by atoms with Gasteiger partial charge in [0.1, 0.15) is 6.10 Å². The number of aromatic nitrogens is 1. The van der Waals surface area contributed by atoms with Crippen molar-refractivity contribution in [2.75, 3.05) is 37.6 Å². The van der Waals surface area contributed by atoms with E-state index in [2.05, 4.69) is 26.9 Å². The average Bonchev–Trinajstić information content (AvgIpc) is 3.34. The van der Waals surface area contributed by atoms with Crippen molar-refractivity contribution >= 4 is 11.7 Å². The van der Waals surface area contributed by atoms with Crippen molar-refractivity contribution < 1.29 is 9.53 Å². The van der Waals surface area contributed by atoms with Crippen LogP contribution >= 0.6 is 0 Å². The SMILES string of the molecule is O=C1O[C@@H](CCN2CC3CN(c4ccncc4)CC3C2)CC12CCCCC2. The zero-order valence-electron chi connectivity index (χ0n) is 16.2. The predicted molar refractivity (Wildman–Crippen MR) is 105 cm³/mol. The van der Waals surface area contributed by atoms with Gasteiger partial charge in [0, 0.05) is 57.2 Å². The molecule has 1 spiro atoms. The molecule has 5 heteroatoms. The van der Waals surface area contributed by atoms with Gasteiger partial charge in [0.15, 0.2) is 0 Å². The maximum absolute atomic E-state index is 12.4. The molecule has 3 aliphatic heterocycles. The van der Waals surface area contributed by atoms with Gasteiger partial charge >= 0.3 is 5.97 Å². The smallest absolute Gasteiger partial charge is 0.312 e. The second kappa shape index (κ2) is 7.08. The number of anilines is 1. The first kappa shape index (κ1) is 17.5. The Balaban J connectivity index is 1.10. The van der Waals surface area contributed by atoms with E-state index in [0.717, 1.165) is 57.2 Å². The molecule has 4 heterocycles. The van der Waals surface area contributed by atoms with Crippen LogP contribution < -0.4 is 4.90 Å². The van der Waals surface area contributed by atoms with Gasteiger partial charge in [-0.3, -0.25) is 9.78 Å². The third kappa shape index (κ3) is 3.35. The fourth-order valence-electron chi connectivity index (χ4n) is 6.00. The van der Waals surface area contributed by atoms with E-state index in [1.165, 1.54) is 38.0 Å². The molecule has 3 atom stereocenters. The van der Waals surface area contributed by atoms with Crippen LogP contribution in [0.1, 0.15) is 44.9 Å². The molecule has 1 saturated carbocycles. The van der Waals surface area contributed by atoms with Gasteiger partial charge in [-0.15, -0.1) is 0 Å². The first-order valence-electron chi connectivity index (χ1n) is 10.8. The fourth-order valence-corrected chi connectivity index (χ4v) is 6.00. The van der Waals surface area contributed by atoms with Crippen molar-refractivity contribution in [3.8, 4) is 0 Å². The summed E-state index contributed by atoms with van der Waals surface area (Å²) in [5, 5.41) is 0. The van der Waals surface area contributed by atoms with E-state index in [9.17, 15) is 4.79 Å². The molecule has 0 bridgehead atoms. The lowest BCUT2D eigenvalue weighted by molar-refractivity contribution is -0.150. The van der Waals surface area contributed by atoms with E-state index in [1.54, 1.807) is 0 Å². The predicted octanol–water partition coefficient (Wildman–Crippen LogP) is 3.11. The van der Waals surface area contributed by atoms with Crippen LogP contribution in [0.3, 0.4) is 0 Å². The second-order valence-electron chi connectivity index (χ2n) is 9.25. The van der Waals surface area contributed by atoms with Gasteiger partial charge in [-0.25, -0.2) is 0 Å². The molecule has 27 heavy (non-hydrogen) atoms. The lowest BCUT2D eigenvalue weighted by Crippen LogP contribution is -2.31. The molecule has 0 N–H and O–H groups in total. The molecule has 0 amide bonds. The Bertz CT molecular complexity index is 659. The number of carbonyl (C=O) groups is 1. The number of pyridine rings is 1. The van der Waals surface area contributed by atoms with Crippen molar-refractivity contribution in [1.82, 2.24) is 9.88 Å². The lowest BCUT2D eigenvalue weighted by atomic mass is 9.72. The zero-order valence-corrected chi connectivity index (χ0v) is 16.2. The summed E-state index contributed by atoms with van der Waals surface area (Å²) in [7, 11) is 0. The van der Waals surface area contributed by atoms with E-state index in [0.29, 0.717) is 0 Å². The summed E-state index contributed by atoms with van der Waals surface area (Å²) in [5.41, 5.74) is 1.19. The number of fused-ring (bicyclic) bond motifs is 1. The molecule has 1 aromatic rings.